The smallest absolute Gasteiger partial charge is 0.315 e. The molecule has 0 aromatic carbocycles. The van der Waals surface area contributed by atoms with Crippen LogP contribution in [0.1, 0.15) is 26.5 Å². The molecule has 8 heteroatoms. The first-order valence-corrected chi connectivity index (χ1v) is 8.87. The van der Waals surface area contributed by atoms with Crippen molar-refractivity contribution < 1.29 is 14.3 Å². The number of hydrogen-bond donors (Lipinski definition) is 3. The van der Waals surface area contributed by atoms with Gasteiger partial charge in [0.05, 0.1) is 31.0 Å². The largest absolute Gasteiger partial charge is 0.371 e. The maximum atomic E-state index is 11.8. The summed E-state index contributed by atoms with van der Waals surface area (Å²) < 4.78 is 11.7. The van der Waals surface area contributed by atoms with E-state index in [2.05, 4.69) is 53.3 Å². The number of nitrogens with one attached hydrogen (secondary N) is 3. The van der Waals surface area contributed by atoms with Gasteiger partial charge in [0.1, 0.15) is 12.2 Å². The van der Waals surface area contributed by atoms with Crippen LogP contribution in [-0.2, 0) is 14.9 Å². The summed E-state index contributed by atoms with van der Waals surface area (Å²) in [4.78, 5) is 20.7. The lowest BCUT2D eigenvalue weighted by Gasteiger charge is -2.21. The monoisotopic (exact) mass is 361 g/mol. The molecule has 2 aliphatic rings. The average molecular weight is 361 g/mol. The number of urea groups is 1. The number of anilines is 1. The molecule has 3 rings (SSSR count). The van der Waals surface area contributed by atoms with Crippen LogP contribution >= 0.6 is 0 Å². The normalized spacial score (nSPS) is 27.7. The summed E-state index contributed by atoms with van der Waals surface area (Å²) in [5, 5.41) is 8.91. The Morgan fingerprint density at radius 2 is 2.00 bits per heavy atom. The van der Waals surface area contributed by atoms with Gasteiger partial charge in [0.15, 0.2) is 0 Å². The zero-order valence-corrected chi connectivity index (χ0v) is 15.5. The van der Waals surface area contributed by atoms with Gasteiger partial charge >= 0.3 is 6.03 Å². The van der Waals surface area contributed by atoms with Crippen molar-refractivity contribution in [2.75, 3.05) is 25.1 Å². The number of nitrogens with zero attached hydrogens (tertiary/aromatic N) is 2. The van der Waals surface area contributed by atoms with Crippen molar-refractivity contribution in [2.45, 2.75) is 50.5 Å². The van der Waals surface area contributed by atoms with E-state index in [1.54, 1.807) is 12.3 Å². The fraction of sp³-hybridized carbons (Fsp3) is 0.611. The zero-order chi connectivity index (χ0) is 18.7. The second-order valence-corrected chi connectivity index (χ2v) is 7.61. The van der Waals surface area contributed by atoms with Crippen LogP contribution in [0.5, 0.6) is 0 Å². The molecule has 3 N–H and O–H groups in total. The minimum absolute atomic E-state index is 0.0498. The molecular weight excluding hydrogens is 334 g/mol. The van der Waals surface area contributed by atoms with E-state index in [4.69, 9.17) is 9.47 Å². The summed E-state index contributed by atoms with van der Waals surface area (Å²) in [5.41, 5.74) is 0.919. The number of carbonyl (C=O) groups excluding carboxylic acids is 1. The van der Waals surface area contributed by atoms with E-state index in [0.29, 0.717) is 25.7 Å². The molecule has 26 heavy (non-hydrogen) atoms. The van der Waals surface area contributed by atoms with Crippen LogP contribution in [0.3, 0.4) is 0 Å². The van der Waals surface area contributed by atoms with Gasteiger partial charge in [0.2, 0.25) is 5.95 Å². The first-order chi connectivity index (χ1) is 12.4. The van der Waals surface area contributed by atoms with Gasteiger partial charge in [-0.15, -0.1) is 6.58 Å². The number of aromatic nitrogens is 2. The highest BCUT2D eigenvalue weighted by Crippen LogP contribution is 2.29. The molecule has 0 aliphatic carbocycles. The Morgan fingerprint density at radius 1 is 1.31 bits per heavy atom. The molecule has 2 fully saturated rings. The van der Waals surface area contributed by atoms with Gasteiger partial charge in [0.25, 0.3) is 0 Å². The van der Waals surface area contributed by atoms with Gasteiger partial charge in [-0.05, 0) is 6.07 Å². The number of fused-ring (bicyclic) bond motifs is 1. The van der Waals surface area contributed by atoms with Crippen LogP contribution in [0.2, 0.25) is 0 Å². The molecule has 4 unspecified atom stereocenters. The van der Waals surface area contributed by atoms with Crippen molar-refractivity contribution in [2.24, 2.45) is 0 Å². The third-order valence-electron chi connectivity index (χ3n) is 4.52. The van der Waals surface area contributed by atoms with E-state index in [1.807, 2.05) is 6.07 Å². The maximum absolute atomic E-state index is 11.8. The summed E-state index contributed by atoms with van der Waals surface area (Å²) in [6, 6.07) is 1.43. The Bertz CT molecular complexity index is 660. The molecule has 142 valence electrons. The first-order valence-electron chi connectivity index (χ1n) is 8.87. The van der Waals surface area contributed by atoms with Crippen molar-refractivity contribution in [1.82, 2.24) is 20.6 Å². The second kappa shape index (κ2) is 7.59. The van der Waals surface area contributed by atoms with Crippen LogP contribution in [0.25, 0.3) is 0 Å². The summed E-state index contributed by atoms with van der Waals surface area (Å²) >= 11 is 0. The third kappa shape index (κ3) is 4.13. The third-order valence-corrected chi connectivity index (χ3v) is 4.52. The molecule has 4 atom stereocenters. The van der Waals surface area contributed by atoms with Gasteiger partial charge in [-0.1, -0.05) is 26.8 Å². The maximum Gasteiger partial charge on any atom is 0.315 e. The Hall–Kier alpha value is -2.19. The van der Waals surface area contributed by atoms with Crippen LogP contribution < -0.4 is 16.0 Å². The zero-order valence-electron chi connectivity index (χ0n) is 15.5. The highest BCUT2D eigenvalue weighted by Gasteiger charge is 2.48. The summed E-state index contributed by atoms with van der Waals surface area (Å²) in [6.45, 7) is 11.2. The Labute approximate surface area is 153 Å². The summed E-state index contributed by atoms with van der Waals surface area (Å²) in [7, 11) is 0. The van der Waals surface area contributed by atoms with Crippen molar-refractivity contribution in [3.05, 3.63) is 30.6 Å². The predicted octanol–water partition coefficient (Wildman–Crippen LogP) is 1.21. The number of amides is 2. The van der Waals surface area contributed by atoms with E-state index in [0.717, 1.165) is 5.69 Å². The van der Waals surface area contributed by atoms with E-state index in [-0.39, 0.29) is 35.7 Å². The molecule has 0 bridgehead atoms. The summed E-state index contributed by atoms with van der Waals surface area (Å²) in [6.07, 6.45) is 3.05. The molecule has 1 aromatic rings. The Morgan fingerprint density at radius 3 is 2.69 bits per heavy atom. The number of hydrogen-bond acceptors (Lipinski definition) is 6. The minimum Gasteiger partial charge on any atom is -0.371 e. The van der Waals surface area contributed by atoms with Gasteiger partial charge < -0.3 is 25.4 Å². The average Bonchev–Trinajstić information content (AvgIpc) is 3.16. The molecule has 1 aromatic heterocycles. The molecule has 0 radical (unpaired) electrons. The lowest BCUT2D eigenvalue weighted by Crippen LogP contribution is -2.48. The molecule has 0 saturated carbocycles. The van der Waals surface area contributed by atoms with Crippen molar-refractivity contribution in [3.8, 4) is 0 Å². The molecule has 2 aliphatic heterocycles. The van der Waals surface area contributed by atoms with Gasteiger partial charge in [0, 0.05) is 18.2 Å². The lowest BCUT2D eigenvalue weighted by molar-refractivity contribution is 0.0682. The highest BCUT2D eigenvalue weighted by molar-refractivity contribution is 5.74. The van der Waals surface area contributed by atoms with Crippen LogP contribution in [0.4, 0.5) is 10.7 Å². The molecule has 3 heterocycles. The first kappa shape index (κ1) is 18.6. The van der Waals surface area contributed by atoms with E-state index < -0.39 is 0 Å². The van der Waals surface area contributed by atoms with Gasteiger partial charge in [-0.25, -0.2) is 14.8 Å². The molecule has 2 saturated heterocycles. The van der Waals surface area contributed by atoms with Crippen molar-refractivity contribution in [3.63, 3.8) is 0 Å². The summed E-state index contributed by atoms with van der Waals surface area (Å²) in [5.74, 6) is 0.565. The van der Waals surface area contributed by atoms with Gasteiger partial charge in [-0.3, -0.25) is 0 Å². The van der Waals surface area contributed by atoms with Crippen LogP contribution in [-0.4, -0.2) is 60.0 Å². The lowest BCUT2D eigenvalue weighted by atomic mass is 9.92. The minimum atomic E-state index is -0.250. The quantitative estimate of drug-likeness (QED) is 0.682. The molecule has 0 spiro atoms. The molecule has 8 nitrogen and oxygen atoms in total. The van der Waals surface area contributed by atoms with E-state index in [1.165, 1.54) is 0 Å². The molecular formula is C18H27N5O3. The Kier molecular flexibility index (Phi) is 5.43. The number of carbonyl (C=O) groups is 1. The van der Waals surface area contributed by atoms with Crippen molar-refractivity contribution in [1.29, 1.82) is 0 Å². The van der Waals surface area contributed by atoms with E-state index >= 15 is 0 Å². The fourth-order valence-electron chi connectivity index (χ4n) is 3.14. The van der Waals surface area contributed by atoms with E-state index in [9.17, 15) is 4.79 Å². The number of ether oxygens (including phenoxy) is 2. The topological polar surface area (TPSA) is 97.4 Å². The standard InChI is InChI=1S/C18H27N5O3/c1-5-7-20-17(24)22-12-10-26-14-11(9-25-15(12)14)21-16-19-8-6-13(23-16)18(2,3)4/h5-6,8,11-12,14-15H,1,7,9-10H2,2-4H3,(H,19,21,23)(H2,20,22,24). The predicted molar refractivity (Wildman–Crippen MR) is 98.1 cm³/mol. The molecule has 2 amide bonds. The van der Waals surface area contributed by atoms with Crippen LogP contribution in [0, 0.1) is 0 Å². The Balaban J connectivity index is 1.60. The number of rotatable bonds is 5. The van der Waals surface area contributed by atoms with Crippen molar-refractivity contribution >= 4 is 12.0 Å². The van der Waals surface area contributed by atoms with Crippen LogP contribution in [0.15, 0.2) is 24.9 Å². The van der Waals surface area contributed by atoms with Gasteiger partial charge in [-0.2, -0.15) is 0 Å². The highest BCUT2D eigenvalue weighted by atomic mass is 16.6. The fourth-order valence-corrected chi connectivity index (χ4v) is 3.14. The second-order valence-electron chi connectivity index (χ2n) is 7.61. The SMILES string of the molecule is C=CCNC(=O)NC1COC2C(Nc3nccc(C(C)(C)C)n3)COC12.